The molecule has 8 heteroatoms. The summed E-state index contributed by atoms with van der Waals surface area (Å²) in [6, 6.07) is 5.78. The standard InChI is InChI=1S/C15H19N3O4S/c1-11-9-13(15(19)22-3)5-6-14(11)23(20,21)17-12(2)10-18-8-4-7-16-18/h4-9,12,17H,10H2,1-3H3/t12-/m0/s1. The van der Waals surface area contributed by atoms with Gasteiger partial charge in [0.2, 0.25) is 10.0 Å². The summed E-state index contributed by atoms with van der Waals surface area (Å²) in [6.07, 6.45) is 3.40. The first-order chi connectivity index (χ1) is 10.8. The molecule has 0 spiro atoms. The molecule has 2 rings (SSSR count). The molecule has 0 aliphatic rings. The third kappa shape index (κ3) is 4.17. The lowest BCUT2D eigenvalue weighted by Crippen LogP contribution is -2.36. The smallest absolute Gasteiger partial charge is 0.337 e. The SMILES string of the molecule is COC(=O)c1ccc(S(=O)(=O)N[C@@H](C)Cn2cccn2)c(C)c1. The quantitative estimate of drug-likeness (QED) is 0.804. The summed E-state index contributed by atoms with van der Waals surface area (Å²) in [5, 5.41) is 4.05. The molecular formula is C15H19N3O4S. The van der Waals surface area contributed by atoms with Gasteiger partial charge in [-0.15, -0.1) is 0 Å². The Morgan fingerprint density at radius 2 is 2.17 bits per heavy atom. The number of aryl methyl sites for hydroxylation is 1. The van der Waals surface area contributed by atoms with Gasteiger partial charge in [0, 0.05) is 18.4 Å². The third-order valence-electron chi connectivity index (χ3n) is 3.26. The van der Waals surface area contributed by atoms with Gasteiger partial charge in [-0.25, -0.2) is 17.9 Å². The van der Waals surface area contributed by atoms with Gasteiger partial charge in [-0.1, -0.05) is 0 Å². The second-order valence-electron chi connectivity index (χ2n) is 5.22. The zero-order valence-corrected chi connectivity index (χ0v) is 14.0. The fourth-order valence-electron chi connectivity index (χ4n) is 2.25. The van der Waals surface area contributed by atoms with Crippen LogP contribution in [0.4, 0.5) is 0 Å². The van der Waals surface area contributed by atoms with Crippen molar-refractivity contribution in [1.29, 1.82) is 0 Å². The average Bonchev–Trinajstić information content (AvgIpc) is 2.98. The van der Waals surface area contributed by atoms with E-state index in [1.54, 1.807) is 37.0 Å². The zero-order valence-electron chi connectivity index (χ0n) is 13.2. The maximum absolute atomic E-state index is 12.5. The number of nitrogens with one attached hydrogen (secondary N) is 1. The number of methoxy groups -OCH3 is 1. The summed E-state index contributed by atoms with van der Waals surface area (Å²) in [7, 11) is -2.41. The Balaban J connectivity index is 2.17. The van der Waals surface area contributed by atoms with Crippen LogP contribution in [0.3, 0.4) is 0 Å². The van der Waals surface area contributed by atoms with Gasteiger partial charge in [0.05, 0.1) is 24.1 Å². The summed E-state index contributed by atoms with van der Waals surface area (Å²) in [5.41, 5.74) is 0.792. The number of sulfonamides is 1. The Hall–Kier alpha value is -2.19. The molecule has 2 aromatic rings. The summed E-state index contributed by atoms with van der Waals surface area (Å²) < 4.78 is 33.9. The van der Waals surface area contributed by atoms with Gasteiger partial charge in [0.1, 0.15) is 0 Å². The van der Waals surface area contributed by atoms with Crippen LogP contribution in [0.25, 0.3) is 0 Å². The molecule has 23 heavy (non-hydrogen) atoms. The molecule has 0 radical (unpaired) electrons. The maximum atomic E-state index is 12.5. The number of nitrogens with zero attached hydrogens (tertiary/aromatic N) is 2. The van der Waals surface area contributed by atoms with Gasteiger partial charge in [-0.2, -0.15) is 5.10 Å². The van der Waals surface area contributed by atoms with Crippen LogP contribution in [0.1, 0.15) is 22.8 Å². The fourth-order valence-corrected chi connectivity index (χ4v) is 3.71. The van der Waals surface area contributed by atoms with E-state index in [1.807, 2.05) is 0 Å². The number of carbonyl (C=O) groups excluding carboxylic acids is 1. The highest BCUT2D eigenvalue weighted by Crippen LogP contribution is 2.17. The second kappa shape index (κ2) is 6.93. The number of carbonyl (C=O) groups is 1. The first-order valence-corrected chi connectivity index (χ1v) is 8.50. The largest absolute Gasteiger partial charge is 0.465 e. The van der Waals surface area contributed by atoms with Crippen molar-refractivity contribution in [1.82, 2.24) is 14.5 Å². The second-order valence-corrected chi connectivity index (χ2v) is 6.90. The van der Waals surface area contributed by atoms with Crippen LogP contribution in [0.2, 0.25) is 0 Å². The zero-order chi connectivity index (χ0) is 17.0. The molecule has 0 saturated carbocycles. The lowest BCUT2D eigenvalue weighted by molar-refractivity contribution is 0.0600. The van der Waals surface area contributed by atoms with Gasteiger partial charge >= 0.3 is 5.97 Å². The Bertz CT molecular complexity index is 785. The molecule has 0 bridgehead atoms. The van der Waals surface area contributed by atoms with Crippen LogP contribution >= 0.6 is 0 Å². The first kappa shape index (κ1) is 17.2. The van der Waals surface area contributed by atoms with Gasteiger partial charge in [0.25, 0.3) is 0 Å². The number of hydrogen-bond donors (Lipinski definition) is 1. The predicted octanol–water partition coefficient (Wildman–Crippen LogP) is 1.35. The van der Waals surface area contributed by atoms with Gasteiger partial charge in [-0.3, -0.25) is 4.68 Å². The van der Waals surface area contributed by atoms with Crippen LogP contribution in [-0.4, -0.2) is 37.3 Å². The van der Waals surface area contributed by atoms with Gasteiger partial charge in [-0.05, 0) is 43.7 Å². The van der Waals surface area contributed by atoms with E-state index in [9.17, 15) is 13.2 Å². The van der Waals surface area contributed by atoms with E-state index in [0.717, 1.165) is 0 Å². The minimum Gasteiger partial charge on any atom is -0.465 e. The molecular weight excluding hydrogens is 318 g/mol. The van der Waals surface area contributed by atoms with Gasteiger partial charge in [0.15, 0.2) is 0 Å². The summed E-state index contributed by atoms with van der Waals surface area (Å²) >= 11 is 0. The molecule has 0 unspecified atom stereocenters. The first-order valence-electron chi connectivity index (χ1n) is 7.02. The van der Waals surface area contributed by atoms with E-state index in [-0.39, 0.29) is 10.9 Å². The van der Waals surface area contributed by atoms with Crippen molar-refractivity contribution in [3.8, 4) is 0 Å². The van der Waals surface area contributed by atoms with E-state index in [1.165, 1.54) is 25.3 Å². The molecule has 1 aromatic heterocycles. The van der Waals surface area contributed by atoms with Crippen molar-refractivity contribution in [3.05, 3.63) is 47.8 Å². The van der Waals surface area contributed by atoms with Gasteiger partial charge < -0.3 is 4.74 Å². The van der Waals surface area contributed by atoms with Crippen LogP contribution in [0.5, 0.6) is 0 Å². The molecule has 0 aliphatic carbocycles. The van der Waals surface area contributed by atoms with Crippen LogP contribution in [0, 0.1) is 6.92 Å². The third-order valence-corrected chi connectivity index (χ3v) is 5.01. The van der Waals surface area contributed by atoms with E-state index in [2.05, 4.69) is 14.6 Å². The molecule has 0 amide bonds. The molecule has 0 saturated heterocycles. The van der Waals surface area contributed by atoms with Crippen molar-refractivity contribution < 1.29 is 17.9 Å². The topological polar surface area (TPSA) is 90.3 Å². The Morgan fingerprint density at radius 1 is 1.43 bits per heavy atom. The highest BCUT2D eigenvalue weighted by molar-refractivity contribution is 7.89. The molecule has 0 aliphatic heterocycles. The monoisotopic (exact) mass is 337 g/mol. The molecule has 124 valence electrons. The van der Waals surface area contributed by atoms with E-state index in [0.29, 0.717) is 17.7 Å². The number of ether oxygens (including phenoxy) is 1. The fraction of sp³-hybridized carbons (Fsp3) is 0.333. The average molecular weight is 337 g/mol. The van der Waals surface area contributed by atoms with Crippen LogP contribution < -0.4 is 4.72 Å². The Morgan fingerprint density at radius 3 is 2.74 bits per heavy atom. The predicted molar refractivity (Wildman–Crippen MR) is 84.5 cm³/mol. The van der Waals surface area contributed by atoms with Crippen molar-refractivity contribution in [3.63, 3.8) is 0 Å². The lowest BCUT2D eigenvalue weighted by atomic mass is 10.1. The molecule has 1 atom stereocenters. The Labute approximate surface area is 135 Å². The minimum atomic E-state index is -3.69. The van der Waals surface area contributed by atoms with E-state index >= 15 is 0 Å². The van der Waals surface area contributed by atoms with Crippen LogP contribution in [0.15, 0.2) is 41.6 Å². The number of benzene rings is 1. The highest BCUT2D eigenvalue weighted by Gasteiger charge is 2.21. The van der Waals surface area contributed by atoms with Crippen molar-refractivity contribution in [2.75, 3.05) is 7.11 Å². The van der Waals surface area contributed by atoms with E-state index < -0.39 is 16.0 Å². The lowest BCUT2D eigenvalue weighted by Gasteiger charge is -2.16. The van der Waals surface area contributed by atoms with E-state index in [4.69, 9.17) is 0 Å². The summed E-state index contributed by atoms with van der Waals surface area (Å²) in [4.78, 5) is 11.6. The number of rotatable bonds is 6. The number of aromatic nitrogens is 2. The molecule has 1 N–H and O–H groups in total. The van der Waals surface area contributed by atoms with Crippen molar-refractivity contribution >= 4 is 16.0 Å². The van der Waals surface area contributed by atoms with Crippen LogP contribution in [-0.2, 0) is 21.3 Å². The highest BCUT2D eigenvalue weighted by atomic mass is 32.2. The minimum absolute atomic E-state index is 0.137. The summed E-state index contributed by atoms with van der Waals surface area (Å²) in [6.45, 7) is 3.82. The Kier molecular flexibility index (Phi) is 5.17. The molecule has 1 aromatic carbocycles. The molecule has 7 nitrogen and oxygen atoms in total. The maximum Gasteiger partial charge on any atom is 0.337 e. The molecule has 0 fully saturated rings. The molecule has 1 heterocycles. The van der Waals surface area contributed by atoms with Crippen molar-refractivity contribution in [2.45, 2.75) is 31.3 Å². The number of esters is 1. The van der Waals surface area contributed by atoms with Crippen molar-refractivity contribution in [2.24, 2.45) is 0 Å². The normalized spacial score (nSPS) is 12.8. The number of hydrogen-bond acceptors (Lipinski definition) is 5. The summed E-state index contributed by atoms with van der Waals surface area (Å²) in [5.74, 6) is -0.503.